The first-order chi connectivity index (χ1) is 15.5. The smallest absolute Gasteiger partial charge is 0.270 e. The maximum Gasteiger partial charge on any atom is 0.270 e. The molecule has 1 N–H and O–H groups in total. The second-order valence-corrected chi connectivity index (χ2v) is 7.28. The average molecular weight is 427 g/mol. The predicted molar refractivity (Wildman–Crippen MR) is 123 cm³/mol. The Morgan fingerprint density at radius 3 is 2.69 bits per heavy atom. The summed E-state index contributed by atoms with van der Waals surface area (Å²) in [6, 6.07) is 16.1. The zero-order valence-corrected chi connectivity index (χ0v) is 17.9. The number of pyridine rings is 1. The third kappa shape index (κ3) is 4.24. The number of nitro groups is 1. The molecule has 2 aromatic heterocycles. The Balaban J connectivity index is 1.86. The van der Waals surface area contributed by atoms with Crippen LogP contribution in [-0.4, -0.2) is 27.1 Å². The summed E-state index contributed by atoms with van der Waals surface area (Å²) >= 11 is 0. The van der Waals surface area contributed by atoms with Gasteiger partial charge in [-0.2, -0.15) is 4.98 Å². The number of rotatable bonds is 6. The van der Waals surface area contributed by atoms with E-state index in [2.05, 4.69) is 20.4 Å². The van der Waals surface area contributed by atoms with Crippen LogP contribution in [-0.2, 0) is 0 Å². The van der Waals surface area contributed by atoms with Crippen LogP contribution in [0, 0.1) is 24.0 Å². The van der Waals surface area contributed by atoms with Crippen molar-refractivity contribution in [1.82, 2.24) is 15.1 Å². The maximum atomic E-state index is 11.3. The number of aryl methyl sites for hydroxylation is 2. The first-order valence-corrected chi connectivity index (χ1v) is 9.97. The third-order valence-electron chi connectivity index (χ3n) is 5.15. The number of hydrogen-bond acceptors (Lipinski definition) is 7. The Bertz CT molecular complexity index is 1330. The van der Waals surface area contributed by atoms with Gasteiger partial charge in [0.05, 0.1) is 10.5 Å². The highest BCUT2D eigenvalue weighted by molar-refractivity contribution is 5.89. The number of anilines is 1. The molecule has 0 aliphatic carbocycles. The van der Waals surface area contributed by atoms with Crippen molar-refractivity contribution in [2.24, 2.45) is 0 Å². The van der Waals surface area contributed by atoms with Crippen molar-refractivity contribution in [3.8, 4) is 11.4 Å². The quantitative estimate of drug-likeness (QED) is 0.253. The van der Waals surface area contributed by atoms with Gasteiger partial charge in [0.15, 0.2) is 0 Å². The largest absolute Gasteiger partial charge is 0.373 e. The summed E-state index contributed by atoms with van der Waals surface area (Å²) in [5.41, 5.74) is 5.10. The number of nitro benzene ring substituents is 1. The highest BCUT2D eigenvalue weighted by atomic mass is 16.6. The van der Waals surface area contributed by atoms with E-state index in [1.54, 1.807) is 31.4 Å². The van der Waals surface area contributed by atoms with Crippen molar-refractivity contribution < 1.29 is 9.45 Å². The van der Waals surface area contributed by atoms with E-state index < -0.39 is 4.92 Å². The molecule has 0 amide bonds. The number of nitrogens with one attached hydrogen (secondary N) is 1. The predicted octanol–water partition coefficient (Wildman–Crippen LogP) is 5.29. The first-order valence-electron chi connectivity index (χ1n) is 9.97. The molecule has 0 spiro atoms. The van der Waals surface area contributed by atoms with Gasteiger partial charge in [-0.3, -0.25) is 10.1 Å². The van der Waals surface area contributed by atoms with Crippen LogP contribution in [0.1, 0.15) is 28.1 Å². The molecule has 0 radical (unpaired) electrons. The standard InChI is InChI=1S/C24H21N5O3/c1-15-9-10-17(12-16(15)2)13-21(18-6-4-7-19(14-18)29(30)31)24-27-23(28-32-24)20-8-5-11-26-22(20)25-3/h4-14H,1-3H3,(H,25,26)/b21-13-. The minimum absolute atomic E-state index is 0.0158. The zero-order chi connectivity index (χ0) is 22.7. The highest BCUT2D eigenvalue weighted by Crippen LogP contribution is 2.30. The summed E-state index contributed by atoms with van der Waals surface area (Å²) in [7, 11) is 1.76. The van der Waals surface area contributed by atoms with Gasteiger partial charge < -0.3 is 9.84 Å². The minimum atomic E-state index is -0.425. The Morgan fingerprint density at radius 1 is 1.09 bits per heavy atom. The van der Waals surface area contributed by atoms with E-state index in [4.69, 9.17) is 4.52 Å². The Hall–Kier alpha value is -4.33. The molecule has 160 valence electrons. The summed E-state index contributed by atoms with van der Waals surface area (Å²) in [5.74, 6) is 1.24. The van der Waals surface area contributed by atoms with Gasteiger partial charge in [0.1, 0.15) is 5.82 Å². The number of aromatic nitrogens is 3. The van der Waals surface area contributed by atoms with E-state index >= 15 is 0 Å². The monoisotopic (exact) mass is 427 g/mol. The van der Waals surface area contributed by atoms with Crippen molar-refractivity contribution in [2.75, 3.05) is 12.4 Å². The fraction of sp³-hybridized carbons (Fsp3) is 0.125. The van der Waals surface area contributed by atoms with Gasteiger partial charge in [0, 0.05) is 31.0 Å². The number of nitrogens with zero attached hydrogens (tertiary/aromatic N) is 4. The molecule has 8 nitrogen and oxygen atoms in total. The van der Waals surface area contributed by atoms with E-state index in [0.29, 0.717) is 28.3 Å². The second-order valence-electron chi connectivity index (χ2n) is 7.28. The summed E-state index contributed by atoms with van der Waals surface area (Å²) in [6.45, 7) is 4.08. The van der Waals surface area contributed by atoms with Crippen molar-refractivity contribution in [3.05, 3.63) is 99.1 Å². The van der Waals surface area contributed by atoms with E-state index in [1.165, 1.54) is 17.7 Å². The summed E-state index contributed by atoms with van der Waals surface area (Å²) in [4.78, 5) is 19.8. The Labute approximate surface area is 184 Å². The van der Waals surface area contributed by atoms with Crippen molar-refractivity contribution in [3.63, 3.8) is 0 Å². The molecule has 0 unspecified atom stereocenters. The first kappa shape index (κ1) is 20.9. The molecular formula is C24H21N5O3. The van der Waals surface area contributed by atoms with Gasteiger partial charge in [-0.25, -0.2) is 4.98 Å². The lowest BCUT2D eigenvalue weighted by atomic mass is 10.00. The van der Waals surface area contributed by atoms with E-state index in [1.807, 2.05) is 44.2 Å². The summed E-state index contributed by atoms with van der Waals surface area (Å²) in [5, 5.41) is 18.5. The molecule has 2 heterocycles. The molecule has 0 saturated carbocycles. The lowest BCUT2D eigenvalue weighted by molar-refractivity contribution is -0.384. The van der Waals surface area contributed by atoms with Crippen LogP contribution in [0.5, 0.6) is 0 Å². The van der Waals surface area contributed by atoms with Crippen molar-refractivity contribution in [1.29, 1.82) is 0 Å². The number of benzene rings is 2. The molecule has 32 heavy (non-hydrogen) atoms. The van der Waals surface area contributed by atoms with Crippen LogP contribution >= 0.6 is 0 Å². The maximum absolute atomic E-state index is 11.3. The van der Waals surface area contributed by atoms with Gasteiger partial charge in [-0.15, -0.1) is 0 Å². The fourth-order valence-corrected chi connectivity index (χ4v) is 3.30. The fourth-order valence-electron chi connectivity index (χ4n) is 3.30. The number of hydrogen-bond donors (Lipinski definition) is 1. The number of non-ortho nitro benzene ring substituents is 1. The van der Waals surface area contributed by atoms with Gasteiger partial charge in [-0.1, -0.05) is 35.5 Å². The van der Waals surface area contributed by atoms with Crippen LogP contribution in [0.4, 0.5) is 11.5 Å². The second kappa shape index (κ2) is 8.81. The Morgan fingerprint density at radius 2 is 1.94 bits per heavy atom. The van der Waals surface area contributed by atoms with Crippen LogP contribution in [0.15, 0.2) is 65.3 Å². The summed E-state index contributed by atoms with van der Waals surface area (Å²) < 4.78 is 5.61. The zero-order valence-electron chi connectivity index (χ0n) is 17.9. The average Bonchev–Trinajstić information content (AvgIpc) is 3.29. The van der Waals surface area contributed by atoms with Crippen LogP contribution in [0.25, 0.3) is 23.0 Å². The van der Waals surface area contributed by atoms with Gasteiger partial charge >= 0.3 is 0 Å². The lowest BCUT2D eigenvalue weighted by Crippen LogP contribution is -1.96. The molecule has 0 fully saturated rings. The topological polar surface area (TPSA) is 107 Å². The van der Waals surface area contributed by atoms with Crippen molar-refractivity contribution in [2.45, 2.75) is 13.8 Å². The molecule has 0 bridgehead atoms. The SMILES string of the molecule is CNc1ncccc1-c1noc(/C(=C\c2ccc(C)c(C)c2)c2cccc([N+](=O)[O-])c2)n1. The van der Waals surface area contributed by atoms with Crippen LogP contribution in [0.3, 0.4) is 0 Å². The third-order valence-corrected chi connectivity index (χ3v) is 5.15. The van der Waals surface area contributed by atoms with Gasteiger partial charge in [0.25, 0.3) is 11.6 Å². The normalized spacial score (nSPS) is 11.4. The minimum Gasteiger partial charge on any atom is -0.373 e. The van der Waals surface area contributed by atoms with Crippen LogP contribution in [0.2, 0.25) is 0 Å². The molecule has 0 aliphatic rings. The van der Waals surface area contributed by atoms with E-state index in [-0.39, 0.29) is 11.6 Å². The lowest BCUT2D eigenvalue weighted by Gasteiger charge is -2.06. The summed E-state index contributed by atoms with van der Waals surface area (Å²) in [6.07, 6.45) is 3.56. The molecular weight excluding hydrogens is 406 g/mol. The Kier molecular flexibility index (Phi) is 5.76. The molecule has 4 rings (SSSR count). The van der Waals surface area contributed by atoms with E-state index in [9.17, 15) is 10.1 Å². The van der Waals surface area contributed by atoms with Crippen molar-refractivity contribution >= 4 is 23.2 Å². The molecule has 4 aromatic rings. The molecule has 0 aliphatic heterocycles. The van der Waals surface area contributed by atoms with Gasteiger partial charge in [-0.05, 0) is 54.3 Å². The van der Waals surface area contributed by atoms with Gasteiger partial charge in [0.2, 0.25) is 5.82 Å². The molecule has 0 saturated heterocycles. The highest BCUT2D eigenvalue weighted by Gasteiger charge is 2.19. The van der Waals surface area contributed by atoms with Crippen LogP contribution < -0.4 is 5.32 Å². The molecule has 0 atom stereocenters. The molecule has 8 heteroatoms. The van der Waals surface area contributed by atoms with E-state index in [0.717, 1.165) is 11.1 Å². The molecule has 2 aromatic carbocycles.